The zero-order valence-electron chi connectivity index (χ0n) is 12.4. The maximum absolute atomic E-state index is 12.5. The lowest BCUT2D eigenvalue weighted by Gasteiger charge is -2.23. The van der Waals surface area contributed by atoms with Gasteiger partial charge in [-0.05, 0) is 36.6 Å². The van der Waals surface area contributed by atoms with Gasteiger partial charge in [0.2, 0.25) is 0 Å². The average molecular weight is 326 g/mol. The zero-order chi connectivity index (χ0) is 15.0. The van der Waals surface area contributed by atoms with Gasteiger partial charge in [0.05, 0.1) is 5.69 Å². The number of carbonyl (C=O) groups excluding carboxylic acids is 2. The monoisotopic (exact) mass is 325 g/mol. The van der Waals surface area contributed by atoms with Gasteiger partial charge in [0.25, 0.3) is 11.8 Å². The van der Waals surface area contributed by atoms with E-state index in [0.29, 0.717) is 30.1 Å². The van der Waals surface area contributed by atoms with Gasteiger partial charge in [-0.15, -0.1) is 12.4 Å². The van der Waals surface area contributed by atoms with Gasteiger partial charge >= 0.3 is 0 Å². The molecule has 0 aromatic heterocycles. The summed E-state index contributed by atoms with van der Waals surface area (Å²) in [5.74, 6) is 0.344. The van der Waals surface area contributed by atoms with Crippen molar-refractivity contribution in [3.63, 3.8) is 0 Å². The molecule has 3 N–H and O–H groups in total. The molecular formula is C15H20ClN3O3. The minimum atomic E-state index is -0.181. The Morgan fingerprint density at radius 2 is 2.27 bits per heavy atom. The van der Waals surface area contributed by atoms with Crippen LogP contribution in [0, 0.1) is 5.41 Å². The first kappa shape index (κ1) is 16.6. The van der Waals surface area contributed by atoms with Crippen molar-refractivity contribution in [1.29, 1.82) is 0 Å². The summed E-state index contributed by atoms with van der Waals surface area (Å²) in [5, 5.41) is 2.71. The van der Waals surface area contributed by atoms with E-state index >= 15 is 0 Å². The standard InChI is InChI=1S/C15H19N3O3.ClH/c1-15(8-16)4-5-18(9-15)14(20)10-2-3-11-12(6-10)21-7-13(19)17-11;/h2-3,6H,4-5,7-9,16H2,1H3,(H,17,19);1H. The number of amides is 2. The minimum absolute atomic E-state index is 0. The van der Waals surface area contributed by atoms with Gasteiger partial charge in [0.15, 0.2) is 6.61 Å². The number of nitrogens with two attached hydrogens (primary N) is 1. The van der Waals surface area contributed by atoms with Gasteiger partial charge < -0.3 is 20.7 Å². The molecule has 120 valence electrons. The van der Waals surface area contributed by atoms with Gasteiger partial charge in [-0.2, -0.15) is 0 Å². The lowest BCUT2D eigenvalue weighted by Crippen LogP contribution is -2.34. The number of nitrogens with zero attached hydrogens (tertiary/aromatic N) is 1. The number of fused-ring (bicyclic) bond motifs is 1. The molecule has 2 aliphatic rings. The number of anilines is 1. The van der Waals surface area contributed by atoms with Crippen molar-refractivity contribution < 1.29 is 14.3 Å². The zero-order valence-corrected chi connectivity index (χ0v) is 13.2. The fraction of sp³-hybridized carbons (Fsp3) is 0.467. The molecule has 1 aromatic rings. The summed E-state index contributed by atoms with van der Waals surface area (Å²) in [7, 11) is 0. The van der Waals surface area contributed by atoms with Crippen LogP contribution in [0.2, 0.25) is 0 Å². The molecule has 1 atom stereocenters. The molecule has 1 fully saturated rings. The first-order chi connectivity index (χ1) is 10.0. The van der Waals surface area contributed by atoms with E-state index in [0.717, 1.165) is 13.0 Å². The highest BCUT2D eigenvalue weighted by atomic mass is 35.5. The van der Waals surface area contributed by atoms with Crippen LogP contribution in [-0.2, 0) is 4.79 Å². The lowest BCUT2D eigenvalue weighted by molar-refractivity contribution is -0.118. The molecule has 2 heterocycles. The summed E-state index contributed by atoms with van der Waals surface area (Å²) in [5.41, 5.74) is 6.97. The SMILES string of the molecule is CC1(CN)CCN(C(=O)c2ccc3c(c2)OCC(=O)N3)C1.Cl. The van der Waals surface area contributed by atoms with Crippen molar-refractivity contribution >= 4 is 29.9 Å². The van der Waals surface area contributed by atoms with Crippen molar-refractivity contribution in [2.24, 2.45) is 11.1 Å². The smallest absolute Gasteiger partial charge is 0.262 e. The second-order valence-electron chi connectivity index (χ2n) is 6.04. The number of rotatable bonds is 2. The number of ether oxygens (including phenoxy) is 1. The van der Waals surface area contributed by atoms with Crippen LogP contribution in [-0.4, -0.2) is 43.0 Å². The van der Waals surface area contributed by atoms with Gasteiger partial charge in [-0.3, -0.25) is 9.59 Å². The molecular weight excluding hydrogens is 306 g/mol. The Morgan fingerprint density at radius 3 is 2.95 bits per heavy atom. The van der Waals surface area contributed by atoms with Crippen molar-refractivity contribution in [3.05, 3.63) is 23.8 Å². The quantitative estimate of drug-likeness (QED) is 0.857. The van der Waals surface area contributed by atoms with E-state index in [9.17, 15) is 9.59 Å². The Morgan fingerprint density at radius 1 is 1.50 bits per heavy atom. The Kier molecular flexibility index (Phi) is 4.63. The van der Waals surface area contributed by atoms with Crippen LogP contribution in [0.1, 0.15) is 23.7 Å². The molecule has 0 radical (unpaired) electrons. The largest absolute Gasteiger partial charge is 0.482 e. The molecule has 22 heavy (non-hydrogen) atoms. The van der Waals surface area contributed by atoms with Crippen LogP contribution in [0.3, 0.4) is 0 Å². The molecule has 0 bridgehead atoms. The second kappa shape index (κ2) is 6.14. The molecule has 0 aliphatic carbocycles. The van der Waals surface area contributed by atoms with Crippen LogP contribution in [0.5, 0.6) is 5.75 Å². The molecule has 7 heteroatoms. The minimum Gasteiger partial charge on any atom is -0.482 e. The van der Waals surface area contributed by atoms with Crippen LogP contribution in [0.4, 0.5) is 5.69 Å². The molecule has 6 nitrogen and oxygen atoms in total. The van der Waals surface area contributed by atoms with Crippen molar-refractivity contribution in [1.82, 2.24) is 4.90 Å². The van der Waals surface area contributed by atoms with E-state index in [-0.39, 0.29) is 36.2 Å². The number of carbonyl (C=O) groups is 2. The lowest BCUT2D eigenvalue weighted by atomic mass is 9.90. The molecule has 0 spiro atoms. The van der Waals surface area contributed by atoms with Crippen molar-refractivity contribution in [3.8, 4) is 5.75 Å². The van der Waals surface area contributed by atoms with Gasteiger partial charge in [0, 0.05) is 18.7 Å². The summed E-state index contributed by atoms with van der Waals surface area (Å²) in [6.07, 6.45) is 0.923. The van der Waals surface area contributed by atoms with Gasteiger partial charge in [0.1, 0.15) is 5.75 Å². The highest BCUT2D eigenvalue weighted by Gasteiger charge is 2.35. The first-order valence-electron chi connectivity index (χ1n) is 7.07. The average Bonchev–Trinajstić information content (AvgIpc) is 2.89. The van der Waals surface area contributed by atoms with Crippen LogP contribution < -0.4 is 15.8 Å². The molecule has 3 rings (SSSR count). The predicted octanol–water partition coefficient (Wildman–Crippen LogP) is 1.25. The molecule has 1 saturated heterocycles. The number of likely N-dealkylation sites (tertiary alicyclic amines) is 1. The van der Waals surface area contributed by atoms with Gasteiger partial charge in [-0.25, -0.2) is 0 Å². The molecule has 1 unspecified atom stereocenters. The number of halogens is 1. The van der Waals surface area contributed by atoms with E-state index in [1.54, 1.807) is 18.2 Å². The third-order valence-corrected chi connectivity index (χ3v) is 4.20. The summed E-state index contributed by atoms with van der Waals surface area (Å²) < 4.78 is 5.35. The van der Waals surface area contributed by atoms with Gasteiger partial charge in [-0.1, -0.05) is 6.92 Å². The Balaban J connectivity index is 0.00000176. The van der Waals surface area contributed by atoms with Crippen LogP contribution in [0.15, 0.2) is 18.2 Å². The van der Waals surface area contributed by atoms with E-state index in [1.165, 1.54) is 0 Å². The first-order valence-corrected chi connectivity index (χ1v) is 7.07. The fourth-order valence-electron chi connectivity index (χ4n) is 2.75. The van der Waals surface area contributed by atoms with Crippen molar-refractivity contribution in [2.45, 2.75) is 13.3 Å². The van der Waals surface area contributed by atoms with E-state index < -0.39 is 0 Å². The highest BCUT2D eigenvalue weighted by Crippen LogP contribution is 2.32. The highest BCUT2D eigenvalue weighted by molar-refractivity contribution is 5.99. The second-order valence-corrected chi connectivity index (χ2v) is 6.04. The van der Waals surface area contributed by atoms with E-state index in [4.69, 9.17) is 10.5 Å². The summed E-state index contributed by atoms with van der Waals surface area (Å²) in [4.78, 5) is 25.6. The number of hydrogen-bond acceptors (Lipinski definition) is 4. The molecule has 2 aliphatic heterocycles. The molecule has 2 amide bonds. The maximum atomic E-state index is 12.5. The maximum Gasteiger partial charge on any atom is 0.262 e. The number of nitrogens with one attached hydrogen (secondary N) is 1. The third-order valence-electron chi connectivity index (χ3n) is 4.20. The number of hydrogen-bond donors (Lipinski definition) is 2. The fourth-order valence-corrected chi connectivity index (χ4v) is 2.75. The Labute approximate surface area is 135 Å². The number of benzene rings is 1. The summed E-state index contributed by atoms with van der Waals surface area (Å²) in [6, 6.07) is 5.11. The van der Waals surface area contributed by atoms with Crippen molar-refractivity contribution in [2.75, 3.05) is 31.6 Å². The Bertz CT molecular complexity index is 608. The third kappa shape index (κ3) is 3.03. The Hall–Kier alpha value is -1.79. The topological polar surface area (TPSA) is 84.7 Å². The van der Waals surface area contributed by atoms with Crippen LogP contribution >= 0.6 is 12.4 Å². The molecule has 1 aromatic carbocycles. The van der Waals surface area contributed by atoms with E-state index in [1.807, 2.05) is 4.90 Å². The van der Waals surface area contributed by atoms with E-state index in [2.05, 4.69) is 12.2 Å². The summed E-state index contributed by atoms with van der Waals surface area (Å²) >= 11 is 0. The van der Waals surface area contributed by atoms with Crippen LogP contribution in [0.25, 0.3) is 0 Å². The molecule has 0 saturated carbocycles. The summed E-state index contributed by atoms with van der Waals surface area (Å²) in [6.45, 7) is 4.07. The normalized spacial score (nSPS) is 23.2. The predicted molar refractivity (Wildman–Crippen MR) is 85.5 cm³/mol.